The number of carbonyl (C=O) groups excluding carboxylic acids is 2. The summed E-state index contributed by atoms with van der Waals surface area (Å²) in [6.45, 7) is 1.46. The molecule has 0 spiro atoms. The van der Waals surface area contributed by atoms with Gasteiger partial charge in [0, 0.05) is 6.42 Å². The predicted octanol–water partition coefficient (Wildman–Crippen LogP) is 1.65. The van der Waals surface area contributed by atoms with Gasteiger partial charge >= 0.3 is 5.97 Å². The maximum Gasteiger partial charge on any atom is 0.306 e. The molecular formula is C13H14N2O3S. The maximum atomic E-state index is 11.5. The number of ether oxygens (including phenoxy) is 1. The molecule has 0 bridgehead atoms. The van der Waals surface area contributed by atoms with Gasteiger partial charge in [-0.25, -0.2) is 4.98 Å². The van der Waals surface area contributed by atoms with Crippen molar-refractivity contribution in [3.8, 4) is 0 Å². The number of thiazole rings is 1. The maximum absolute atomic E-state index is 11.5. The van der Waals surface area contributed by atoms with Gasteiger partial charge in [0.15, 0.2) is 6.10 Å². The Bertz CT molecular complexity index is 576. The molecule has 0 saturated heterocycles. The van der Waals surface area contributed by atoms with Crippen molar-refractivity contribution < 1.29 is 14.3 Å². The summed E-state index contributed by atoms with van der Waals surface area (Å²) in [5.74, 6) is -1.08. The van der Waals surface area contributed by atoms with Crippen LogP contribution in [0, 0.1) is 0 Å². The Hall–Kier alpha value is -1.95. The van der Waals surface area contributed by atoms with Crippen LogP contribution in [0.1, 0.15) is 18.4 Å². The highest BCUT2D eigenvalue weighted by atomic mass is 32.1. The van der Waals surface area contributed by atoms with Crippen LogP contribution in [0.4, 0.5) is 0 Å². The summed E-state index contributed by atoms with van der Waals surface area (Å²) in [5, 5.41) is 0.880. The van der Waals surface area contributed by atoms with Gasteiger partial charge in [0.05, 0.1) is 21.6 Å². The Morgan fingerprint density at radius 1 is 1.42 bits per heavy atom. The fraction of sp³-hybridized carbons (Fsp3) is 0.308. The van der Waals surface area contributed by atoms with Gasteiger partial charge in [0.1, 0.15) is 0 Å². The lowest BCUT2D eigenvalue weighted by Crippen LogP contribution is -2.30. The SMILES string of the molecule is C[C@@H](OC(=O)CCc1nc2ccccc2s1)C(N)=O. The van der Waals surface area contributed by atoms with E-state index in [0.717, 1.165) is 15.2 Å². The van der Waals surface area contributed by atoms with Crippen LogP contribution in [0.25, 0.3) is 10.2 Å². The second-order valence-corrected chi connectivity index (χ2v) is 5.22. The molecule has 0 radical (unpaired) electrons. The summed E-state index contributed by atoms with van der Waals surface area (Å²) in [6, 6.07) is 7.80. The summed E-state index contributed by atoms with van der Waals surface area (Å²) in [5.41, 5.74) is 5.95. The zero-order chi connectivity index (χ0) is 13.8. The smallest absolute Gasteiger partial charge is 0.306 e. The quantitative estimate of drug-likeness (QED) is 0.843. The minimum atomic E-state index is -0.886. The first-order chi connectivity index (χ1) is 9.06. The zero-order valence-corrected chi connectivity index (χ0v) is 11.3. The molecular weight excluding hydrogens is 264 g/mol. The summed E-state index contributed by atoms with van der Waals surface area (Å²) < 4.78 is 5.96. The molecule has 1 aromatic carbocycles. The summed E-state index contributed by atoms with van der Waals surface area (Å²) >= 11 is 1.55. The molecule has 0 fully saturated rings. The number of aromatic nitrogens is 1. The normalized spacial score (nSPS) is 12.3. The molecule has 1 atom stereocenters. The highest BCUT2D eigenvalue weighted by Crippen LogP contribution is 2.22. The average molecular weight is 278 g/mol. The van der Waals surface area contributed by atoms with Gasteiger partial charge in [-0.15, -0.1) is 11.3 Å². The van der Waals surface area contributed by atoms with Gasteiger partial charge in [0.2, 0.25) is 0 Å². The van der Waals surface area contributed by atoms with E-state index in [4.69, 9.17) is 10.5 Å². The third-order valence-corrected chi connectivity index (χ3v) is 3.69. The van der Waals surface area contributed by atoms with Crippen LogP contribution >= 0.6 is 11.3 Å². The zero-order valence-electron chi connectivity index (χ0n) is 10.5. The van der Waals surface area contributed by atoms with Crippen LogP contribution in [0.3, 0.4) is 0 Å². The van der Waals surface area contributed by atoms with E-state index in [9.17, 15) is 9.59 Å². The van der Waals surface area contributed by atoms with E-state index < -0.39 is 18.0 Å². The number of nitrogens with zero attached hydrogens (tertiary/aromatic N) is 1. The van der Waals surface area contributed by atoms with Crippen LogP contribution in [0.2, 0.25) is 0 Å². The van der Waals surface area contributed by atoms with Crippen molar-refractivity contribution in [1.29, 1.82) is 0 Å². The average Bonchev–Trinajstić information content (AvgIpc) is 2.78. The number of rotatable bonds is 5. The molecule has 0 aliphatic rings. The Labute approximate surface area is 114 Å². The van der Waals surface area contributed by atoms with E-state index in [1.807, 2.05) is 24.3 Å². The monoisotopic (exact) mass is 278 g/mol. The molecule has 19 heavy (non-hydrogen) atoms. The van der Waals surface area contributed by atoms with Crippen molar-refractivity contribution in [3.63, 3.8) is 0 Å². The molecule has 2 aromatic rings. The number of benzene rings is 1. The molecule has 1 aromatic heterocycles. The van der Waals surface area contributed by atoms with Crippen molar-refractivity contribution in [2.75, 3.05) is 0 Å². The van der Waals surface area contributed by atoms with Gasteiger partial charge in [-0.2, -0.15) is 0 Å². The lowest BCUT2D eigenvalue weighted by atomic mass is 10.3. The van der Waals surface area contributed by atoms with Crippen molar-refractivity contribution in [2.45, 2.75) is 25.9 Å². The minimum Gasteiger partial charge on any atom is -0.453 e. The molecule has 6 heteroatoms. The number of amides is 1. The highest BCUT2D eigenvalue weighted by Gasteiger charge is 2.15. The Kier molecular flexibility index (Phi) is 4.11. The molecule has 0 unspecified atom stereocenters. The molecule has 1 heterocycles. The topological polar surface area (TPSA) is 82.3 Å². The number of hydrogen-bond acceptors (Lipinski definition) is 5. The number of carbonyl (C=O) groups is 2. The summed E-state index contributed by atoms with van der Waals surface area (Å²) in [7, 11) is 0. The molecule has 0 aliphatic heterocycles. The third-order valence-electron chi connectivity index (χ3n) is 2.59. The van der Waals surface area contributed by atoms with Crippen LogP contribution in [0.15, 0.2) is 24.3 Å². The molecule has 100 valence electrons. The number of nitrogens with two attached hydrogens (primary N) is 1. The fourth-order valence-corrected chi connectivity index (χ4v) is 2.52. The Morgan fingerprint density at radius 3 is 2.84 bits per heavy atom. The molecule has 1 amide bonds. The summed E-state index contributed by atoms with van der Waals surface area (Å²) in [4.78, 5) is 26.7. The lowest BCUT2D eigenvalue weighted by Gasteiger charge is -2.08. The largest absolute Gasteiger partial charge is 0.453 e. The lowest BCUT2D eigenvalue weighted by molar-refractivity contribution is -0.153. The first-order valence-corrected chi connectivity index (χ1v) is 6.71. The molecule has 2 rings (SSSR count). The van der Waals surface area contributed by atoms with Gasteiger partial charge in [0.25, 0.3) is 5.91 Å². The van der Waals surface area contributed by atoms with Gasteiger partial charge in [-0.05, 0) is 19.1 Å². The predicted molar refractivity (Wildman–Crippen MR) is 72.7 cm³/mol. The summed E-state index contributed by atoms with van der Waals surface area (Å²) in [6.07, 6.45) is -0.191. The fourth-order valence-electron chi connectivity index (χ4n) is 1.55. The third kappa shape index (κ3) is 3.51. The van der Waals surface area contributed by atoms with Crippen LogP contribution in [-0.4, -0.2) is 23.0 Å². The van der Waals surface area contributed by atoms with Crippen molar-refractivity contribution in [1.82, 2.24) is 4.98 Å². The second-order valence-electron chi connectivity index (χ2n) is 4.11. The standard InChI is InChI=1S/C13H14N2O3S/c1-8(13(14)17)18-12(16)7-6-11-15-9-4-2-3-5-10(9)19-11/h2-5,8H,6-7H2,1H3,(H2,14,17)/t8-/m1/s1. The highest BCUT2D eigenvalue weighted by molar-refractivity contribution is 7.18. The van der Waals surface area contributed by atoms with Gasteiger partial charge in [-0.3, -0.25) is 9.59 Å². The minimum absolute atomic E-state index is 0.192. The van der Waals surface area contributed by atoms with Crippen molar-refractivity contribution in [3.05, 3.63) is 29.3 Å². The van der Waals surface area contributed by atoms with E-state index in [-0.39, 0.29) is 6.42 Å². The first kappa shape index (κ1) is 13.5. The van der Waals surface area contributed by atoms with Crippen LogP contribution in [0.5, 0.6) is 0 Å². The first-order valence-electron chi connectivity index (χ1n) is 5.89. The second kappa shape index (κ2) is 5.79. The number of aryl methyl sites for hydroxylation is 1. The number of para-hydroxylation sites is 1. The Morgan fingerprint density at radius 2 is 2.16 bits per heavy atom. The van der Waals surface area contributed by atoms with Crippen LogP contribution in [-0.2, 0) is 20.7 Å². The van der Waals surface area contributed by atoms with E-state index in [2.05, 4.69) is 4.98 Å². The van der Waals surface area contributed by atoms with E-state index >= 15 is 0 Å². The van der Waals surface area contributed by atoms with Gasteiger partial charge < -0.3 is 10.5 Å². The Balaban J connectivity index is 1.91. The van der Waals surface area contributed by atoms with Crippen molar-refractivity contribution in [2.24, 2.45) is 5.73 Å². The molecule has 0 saturated carbocycles. The van der Waals surface area contributed by atoms with E-state index in [1.165, 1.54) is 6.92 Å². The van der Waals surface area contributed by atoms with E-state index in [0.29, 0.717) is 6.42 Å². The molecule has 5 nitrogen and oxygen atoms in total. The van der Waals surface area contributed by atoms with Gasteiger partial charge in [-0.1, -0.05) is 12.1 Å². The molecule has 2 N–H and O–H groups in total. The number of esters is 1. The number of primary amides is 1. The van der Waals surface area contributed by atoms with Crippen molar-refractivity contribution >= 4 is 33.4 Å². The molecule has 0 aliphatic carbocycles. The number of fused-ring (bicyclic) bond motifs is 1. The van der Waals surface area contributed by atoms with Crippen LogP contribution < -0.4 is 5.73 Å². The van der Waals surface area contributed by atoms with E-state index in [1.54, 1.807) is 11.3 Å². The number of hydrogen-bond donors (Lipinski definition) is 1.